The van der Waals surface area contributed by atoms with E-state index >= 15 is 0 Å². The second kappa shape index (κ2) is 9.43. The van der Waals surface area contributed by atoms with Gasteiger partial charge in [-0.15, -0.1) is 0 Å². The molecule has 0 spiro atoms. The summed E-state index contributed by atoms with van der Waals surface area (Å²) in [5.41, 5.74) is 1.11. The molecule has 0 aliphatic heterocycles. The zero-order valence-electron chi connectivity index (χ0n) is 19.8. The van der Waals surface area contributed by atoms with Crippen LogP contribution in [-0.2, 0) is 18.3 Å². The Morgan fingerprint density at radius 1 is 1.00 bits per heavy atom. The standard InChI is InChI=1S/C29H30N2O5/c32-24-16-20-10-4-6-12-22(20)26(24)31-29(36,14-15-30-27(34)35)28(18-19-8-2-1-3-9-19)23-13-7-5-11-21(23)17-25(28)33/h1-13,17,24,26,30-33,36H,14-16,18H2,(H,34,35)/t24-,26+,28?,29?/m0/s1. The summed E-state index contributed by atoms with van der Waals surface area (Å²) in [7, 11) is 0. The van der Waals surface area contributed by atoms with Crippen LogP contribution in [0.1, 0.15) is 40.3 Å². The zero-order chi connectivity index (χ0) is 25.3. The lowest BCUT2D eigenvalue weighted by Crippen LogP contribution is -2.64. The third kappa shape index (κ3) is 4.05. The van der Waals surface area contributed by atoms with E-state index in [1.54, 1.807) is 6.08 Å². The fourth-order valence-electron chi connectivity index (χ4n) is 5.85. The van der Waals surface area contributed by atoms with Crippen LogP contribution in [0.25, 0.3) is 6.08 Å². The first kappa shape index (κ1) is 24.1. The Hall–Kier alpha value is -3.65. The summed E-state index contributed by atoms with van der Waals surface area (Å²) in [5.74, 6) is -0.0151. The molecule has 3 aromatic rings. The maximum Gasteiger partial charge on any atom is 0.404 e. The van der Waals surface area contributed by atoms with Crippen LogP contribution in [0.15, 0.2) is 84.6 Å². The molecule has 0 saturated carbocycles. The number of hydrogen-bond acceptors (Lipinski definition) is 5. The molecule has 3 aromatic carbocycles. The number of rotatable bonds is 8. The van der Waals surface area contributed by atoms with Gasteiger partial charge in [0.05, 0.1) is 17.6 Å². The van der Waals surface area contributed by atoms with E-state index in [0.29, 0.717) is 6.42 Å². The van der Waals surface area contributed by atoms with E-state index in [9.17, 15) is 25.2 Å². The van der Waals surface area contributed by atoms with E-state index in [-0.39, 0.29) is 25.1 Å². The fraction of sp³-hybridized carbons (Fsp3) is 0.276. The minimum atomic E-state index is -1.83. The normalized spacial score (nSPS) is 23.9. The van der Waals surface area contributed by atoms with Crippen LogP contribution in [0, 0.1) is 0 Å². The average molecular weight is 487 g/mol. The number of hydrogen-bond donors (Lipinski definition) is 6. The molecule has 36 heavy (non-hydrogen) atoms. The van der Waals surface area contributed by atoms with Crippen LogP contribution in [0.2, 0.25) is 0 Å². The highest BCUT2D eigenvalue weighted by atomic mass is 16.4. The molecular weight excluding hydrogens is 456 g/mol. The van der Waals surface area contributed by atoms with Crippen LogP contribution < -0.4 is 10.6 Å². The number of carbonyl (C=O) groups is 1. The zero-order valence-corrected chi connectivity index (χ0v) is 19.8. The number of aliphatic hydroxyl groups is 3. The van der Waals surface area contributed by atoms with Crippen molar-refractivity contribution < 1.29 is 25.2 Å². The first-order chi connectivity index (χ1) is 17.3. The van der Waals surface area contributed by atoms with Gasteiger partial charge in [0.25, 0.3) is 0 Å². The first-order valence-electron chi connectivity index (χ1n) is 12.1. The maximum absolute atomic E-state index is 12.6. The van der Waals surface area contributed by atoms with Gasteiger partial charge < -0.3 is 25.7 Å². The summed E-state index contributed by atoms with van der Waals surface area (Å²) in [6.45, 7) is -0.0602. The van der Waals surface area contributed by atoms with Gasteiger partial charge in [0.1, 0.15) is 11.5 Å². The lowest BCUT2D eigenvalue weighted by atomic mass is 9.66. The van der Waals surface area contributed by atoms with Gasteiger partial charge in [0.2, 0.25) is 0 Å². The van der Waals surface area contributed by atoms with Crippen LogP contribution in [0.4, 0.5) is 4.79 Å². The second-order valence-corrected chi connectivity index (χ2v) is 9.62. The summed E-state index contributed by atoms with van der Waals surface area (Å²) in [6.07, 6.45) is 0.304. The summed E-state index contributed by atoms with van der Waals surface area (Å²) >= 11 is 0. The predicted molar refractivity (Wildman–Crippen MR) is 136 cm³/mol. The number of amides is 1. The number of carboxylic acid groups (broad SMARTS) is 1. The minimum absolute atomic E-state index is 0.0151. The average Bonchev–Trinajstić information content (AvgIpc) is 3.33. The van der Waals surface area contributed by atoms with E-state index in [1.807, 2.05) is 78.9 Å². The molecule has 5 rings (SSSR count). The van der Waals surface area contributed by atoms with Gasteiger partial charge in [-0.2, -0.15) is 0 Å². The molecule has 7 nitrogen and oxygen atoms in total. The molecule has 7 heteroatoms. The number of aliphatic hydroxyl groups excluding tert-OH is 2. The van der Waals surface area contributed by atoms with Gasteiger partial charge in [0, 0.05) is 19.4 Å². The van der Waals surface area contributed by atoms with Crippen molar-refractivity contribution in [2.24, 2.45) is 0 Å². The van der Waals surface area contributed by atoms with Crippen molar-refractivity contribution in [3.8, 4) is 0 Å². The maximum atomic E-state index is 12.6. The summed E-state index contributed by atoms with van der Waals surface area (Å²) in [4.78, 5) is 11.3. The molecular formula is C29H30N2O5. The Labute approximate surface area is 209 Å². The molecule has 1 amide bonds. The molecule has 4 atom stereocenters. The Kier molecular flexibility index (Phi) is 6.30. The van der Waals surface area contributed by atoms with Crippen LogP contribution >= 0.6 is 0 Å². The van der Waals surface area contributed by atoms with Crippen LogP contribution in [-0.4, -0.2) is 44.9 Å². The Bertz CT molecular complexity index is 1290. The Morgan fingerprint density at radius 2 is 1.69 bits per heavy atom. The minimum Gasteiger partial charge on any atom is -0.511 e. The molecule has 0 heterocycles. The third-order valence-electron chi connectivity index (χ3n) is 7.53. The molecule has 2 aliphatic rings. The molecule has 0 fully saturated rings. The summed E-state index contributed by atoms with van der Waals surface area (Å²) in [6, 6.07) is 24.1. The molecule has 0 aromatic heterocycles. The largest absolute Gasteiger partial charge is 0.511 e. The Balaban J connectivity index is 1.65. The van der Waals surface area contributed by atoms with E-state index in [2.05, 4.69) is 10.6 Å². The summed E-state index contributed by atoms with van der Waals surface area (Å²) < 4.78 is 0. The van der Waals surface area contributed by atoms with Crippen molar-refractivity contribution in [2.45, 2.75) is 42.5 Å². The molecule has 0 radical (unpaired) electrons. The molecule has 2 aliphatic carbocycles. The van der Waals surface area contributed by atoms with Crippen LogP contribution in [0.5, 0.6) is 0 Å². The van der Waals surface area contributed by atoms with E-state index in [1.165, 1.54) is 0 Å². The van der Waals surface area contributed by atoms with Crippen molar-refractivity contribution >= 4 is 12.2 Å². The van der Waals surface area contributed by atoms with Gasteiger partial charge in [0.15, 0.2) is 0 Å². The van der Waals surface area contributed by atoms with Gasteiger partial charge >= 0.3 is 6.09 Å². The lowest BCUT2D eigenvalue weighted by molar-refractivity contribution is -0.0907. The quantitative estimate of drug-likeness (QED) is 0.270. The molecule has 0 saturated heterocycles. The van der Waals surface area contributed by atoms with Gasteiger partial charge in [-0.3, -0.25) is 5.32 Å². The molecule has 186 valence electrons. The highest BCUT2D eigenvalue weighted by molar-refractivity contribution is 5.69. The van der Waals surface area contributed by atoms with Crippen LogP contribution in [0.3, 0.4) is 0 Å². The highest BCUT2D eigenvalue weighted by Crippen LogP contribution is 2.51. The third-order valence-corrected chi connectivity index (χ3v) is 7.53. The van der Waals surface area contributed by atoms with Crippen molar-refractivity contribution in [3.63, 3.8) is 0 Å². The first-order valence-corrected chi connectivity index (χ1v) is 12.1. The van der Waals surface area contributed by atoms with Gasteiger partial charge in [-0.25, -0.2) is 4.79 Å². The van der Waals surface area contributed by atoms with Crippen molar-refractivity contribution in [1.82, 2.24) is 10.6 Å². The highest BCUT2D eigenvalue weighted by Gasteiger charge is 2.58. The van der Waals surface area contributed by atoms with Gasteiger partial charge in [-0.05, 0) is 40.3 Å². The molecule has 0 bridgehead atoms. The fourth-order valence-corrected chi connectivity index (χ4v) is 5.85. The van der Waals surface area contributed by atoms with Crippen molar-refractivity contribution in [3.05, 3.63) is 112 Å². The predicted octanol–water partition coefficient (Wildman–Crippen LogP) is 3.67. The van der Waals surface area contributed by atoms with Crippen molar-refractivity contribution in [1.29, 1.82) is 0 Å². The lowest BCUT2D eigenvalue weighted by Gasteiger charge is -2.48. The van der Waals surface area contributed by atoms with E-state index in [0.717, 1.165) is 27.8 Å². The molecule has 6 N–H and O–H groups in total. The monoisotopic (exact) mass is 486 g/mol. The second-order valence-electron chi connectivity index (χ2n) is 9.62. The number of benzene rings is 3. The smallest absolute Gasteiger partial charge is 0.404 e. The topological polar surface area (TPSA) is 122 Å². The molecule has 2 unspecified atom stereocenters. The van der Waals surface area contributed by atoms with E-state index in [4.69, 9.17) is 0 Å². The van der Waals surface area contributed by atoms with E-state index < -0.39 is 29.4 Å². The van der Waals surface area contributed by atoms with Gasteiger partial charge in [-0.1, -0.05) is 78.9 Å². The number of fused-ring (bicyclic) bond motifs is 2. The van der Waals surface area contributed by atoms with Crippen molar-refractivity contribution in [2.75, 3.05) is 6.54 Å². The number of nitrogens with one attached hydrogen (secondary N) is 2. The summed E-state index contributed by atoms with van der Waals surface area (Å²) in [5, 5.41) is 50.1. The SMILES string of the molecule is O=C(O)NCCC(O)(N[C@@H]1c2ccccc2C[C@@H]1O)C1(Cc2ccccc2)C(O)=Cc2ccccc21. The Morgan fingerprint density at radius 3 is 2.47 bits per heavy atom.